The van der Waals surface area contributed by atoms with Gasteiger partial charge in [-0.2, -0.15) is 0 Å². The van der Waals surface area contributed by atoms with Gasteiger partial charge in [-0.1, -0.05) is 36.4 Å². The molecule has 6 nitrogen and oxygen atoms in total. The molecular formula is C17H21N2O4P. The van der Waals surface area contributed by atoms with Crippen molar-refractivity contribution in [3.05, 3.63) is 66.0 Å². The molecule has 1 heterocycles. The second kappa shape index (κ2) is 7.71. The van der Waals surface area contributed by atoms with Crippen LogP contribution in [0.25, 0.3) is 0 Å². The number of carboxylic acids is 1. The average molecular weight is 348 g/mol. The summed E-state index contributed by atoms with van der Waals surface area (Å²) in [4.78, 5) is 25.4. The Morgan fingerprint density at radius 1 is 1.25 bits per heavy atom. The molecule has 0 aliphatic heterocycles. The number of carbonyl (C=O) groups is 1. The van der Waals surface area contributed by atoms with Crippen LogP contribution in [0.4, 0.5) is 0 Å². The van der Waals surface area contributed by atoms with Gasteiger partial charge in [0.25, 0.3) is 7.52 Å². The van der Waals surface area contributed by atoms with Gasteiger partial charge in [0.1, 0.15) is 0 Å². The third-order valence-corrected chi connectivity index (χ3v) is 5.44. The number of hydrogen-bond donors (Lipinski definition) is 3. The maximum absolute atomic E-state index is 12.7. The number of aromatic nitrogens is 1. The minimum absolute atomic E-state index is 0.0310. The second-order valence-corrected chi connectivity index (χ2v) is 7.87. The van der Waals surface area contributed by atoms with E-state index in [1.165, 1.54) is 0 Å². The summed E-state index contributed by atoms with van der Waals surface area (Å²) in [5.74, 6) is -0.956. The van der Waals surface area contributed by atoms with E-state index in [2.05, 4.69) is 10.1 Å². The van der Waals surface area contributed by atoms with E-state index >= 15 is 0 Å². The SMILES string of the molecule is CC(CCC(=O)O)(NP(=O)(O)Cc1ccccc1)c1cccnc1. The Balaban J connectivity index is 2.23. The van der Waals surface area contributed by atoms with E-state index in [9.17, 15) is 14.3 Å². The summed E-state index contributed by atoms with van der Waals surface area (Å²) in [5, 5.41) is 11.8. The largest absolute Gasteiger partial charge is 0.481 e. The van der Waals surface area contributed by atoms with Gasteiger partial charge in [0.2, 0.25) is 0 Å². The normalized spacial score (nSPS) is 16.1. The number of nitrogens with one attached hydrogen (secondary N) is 1. The zero-order chi connectivity index (χ0) is 17.6. The van der Waals surface area contributed by atoms with Gasteiger partial charge in [0, 0.05) is 18.8 Å². The summed E-state index contributed by atoms with van der Waals surface area (Å²) in [7, 11) is -3.73. The van der Waals surface area contributed by atoms with E-state index in [4.69, 9.17) is 5.11 Å². The van der Waals surface area contributed by atoms with Crippen LogP contribution in [0.3, 0.4) is 0 Å². The van der Waals surface area contributed by atoms with Gasteiger partial charge in [-0.25, -0.2) is 5.09 Å². The van der Waals surface area contributed by atoms with E-state index in [-0.39, 0.29) is 19.0 Å². The predicted molar refractivity (Wildman–Crippen MR) is 91.6 cm³/mol. The first-order valence-corrected chi connectivity index (χ1v) is 9.43. The second-order valence-electron chi connectivity index (χ2n) is 5.92. The summed E-state index contributed by atoms with van der Waals surface area (Å²) in [5.41, 5.74) is 0.447. The Hall–Kier alpha value is -2.01. The zero-order valence-electron chi connectivity index (χ0n) is 13.4. The molecule has 0 saturated heterocycles. The molecule has 0 radical (unpaired) electrons. The Morgan fingerprint density at radius 2 is 1.96 bits per heavy atom. The van der Waals surface area contributed by atoms with Gasteiger partial charge in [-0.3, -0.25) is 14.3 Å². The molecule has 1 aromatic heterocycles. The zero-order valence-corrected chi connectivity index (χ0v) is 14.3. The fraction of sp³-hybridized carbons (Fsp3) is 0.294. The molecule has 2 atom stereocenters. The van der Waals surface area contributed by atoms with Crippen molar-refractivity contribution >= 4 is 13.5 Å². The maximum atomic E-state index is 12.7. The molecule has 0 aliphatic carbocycles. The van der Waals surface area contributed by atoms with Crippen LogP contribution >= 0.6 is 7.52 Å². The van der Waals surface area contributed by atoms with Crippen molar-refractivity contribution in [3.8, 4) is 0 Å². The quantitative estimate of drug-likeness (QED) is 0.634. The van der Waals surface area contributed by atoms with Gasteiger partial charge in [0.15, 0.2) is 0 Å². The maximum Gasteiger partial charge on any atom is 0.303 e. The van der Waals surface area contributed by atoms with Crippen LogP contribution in [0.1, 0.15) is 30.9 Å². The minimum atomic E-state index is -3.73. The number of hydrogen-bond acceptors (Lipinski definition) is 3. The molecule has 0 amide bonds. The number of aliphatic carboxylic acids is 1. The Morgan fingerprint density at radius 3 is 2.54 bits per heavy atom. The molecule has 2 aromatic rings. The molecule has 0 aliphatic rings. The van der Waals surface area contributed by atoms with Gasteiger partial charge in [-0.15, -0.1) is 0 Å². The molecular weight excluding hydrogens is 327 g/mol. The van der Waals surface area contributed by atoms with Crippen molar-refractivity contribution in [2.24, 2.45) is 0 Å². The lowest BCUT2D eigenvalue weighted by atomic mass is 9.90. The Labute approximate surface area is 141 Å². The van der Waals surface area contributed by atoms with E-state index in [0.717, 1.165) is 5.56 Å². The predicted octanol–water partition coefficient (Wildman–Crippen LogP) is 3.14. The van der Waals surface area contributed by atoms with Crippen molar-refractivity contribution in [2.45, 2.75) is 31.5 Å². The van der Waals surface area contributed by atoms with E-state index < -0.39 is 19.0 Å². The fourth-order valence-electron chi connectivity index (χ4n) is 2.57. The smallest absolute Gasteiger partial charge is 0.303 e. The third-order valence-electron chi connectivity index (χ3n) is 3.80. The van der Waals surface area contributed by atoms with Crippen molar-refractivity contribution in [1.82, 2.24) is 10.1 Å². The molecule has 1 aromatic carbocycles. The van der Waals surface area contributed by atoms with Gasteiger partial charge in [0.05, 0.1) is 11.7 Å². The summed E-state index contributed by atoms with van der Waals surface area (Å²) in [6.45, 7) is 1.72. The van der Waals surface area contributed by atoms with E-state index in [1.54, 1.807) is 55.7 Å². The highest BCUT2D eigenvalue weighted by atomic mass is 31.2. The molecule has 2 rings (SSSR count). The molecule has 0 saturated carbocycles. The monoisotopic (exact) mass is 348 g/mol. The molecule has 7 heteroatoms. The number of pyridine rings is 1. The molecule has 24 heavy (non-hydrogen) atoms. The summed E-state index contributed by atoms with van der Waals surface area (Å²) in [6.07, 6.45) is 3.20. The number of benzene rings is 1. The van der Waals surface area contributed by atoms with Crippen LogP contribution in [0.2, 0.25) is 0 Å². The van der Waals surface area contributed by atoms with Crippen molar-refractivity contribution < 1.29 is 19.4 Å². The minimum Gasteiger partial charge on any atom is -0.481 e. The average Bonchev–Trinajstić information content (AvgIpc) is 2.54. The lowest BCUT2D eigenvalue weighted by molar-refractivity contribution is -0.137. The first-order chi connectivity index (χ1) is 11.3. The highest BCUT2D eigenvalue weighted by Gasteiger charge is 2.34. The van der Waals surface area contributed by atoms with Gasteiger partial charge in [-0.05, 0) is 30.5 Å². The molecule has 2 unspecified atom stereocenters. The summed E-state index contributed by atoms with van der Waals surface area (Å²) < 4.78 is 12.7. The topological polar surface area (TPSA) is 99.5 Å². The number of nitrogens with zero attached hydrogens (tertiary/aromatic N) is 1. The van der Waals surface area contributed by atoms with Crippen LogP contribution in [0.15, 0.2) is 54.9 Å². The van der Waals surface area contributed by atoms with Crippen LogP contribution in [-0.4, -0.2) is 21.0 Å². The van der Waals surface area contributed by atoms with Gasteiger partial charge >= 0.3 is 5.97 Å². The molecule has 0 fully saturated rings. The molecule has 0 bridgehead atoms. The Kier molecular flexibility index (Phi) is 5.89. The molecule has 128 valence electrons. The first kappa shape index (κ1) is 18.3. The lowest BCUT2D eigenvalue weighted by Crippen LogP contribution is -2.38. The van der Waals surface area contributed by atoms with Crippen LogP contribution < -0.4 is 5.09 Å². The first-order valence-electron chi connectivity index (χ1n) is 7.58. The van der Waals surface area contributed by atoms with Crippen LogP contribution in [-0.2, 0) is 21.1 Å². The summed E-state index contributed by atoms with van der Waals surface area (Å²) >= 11 is 0. The lowest BCUT2D eigenvalue weighted by Gasteiger charge is -2.33. The molecule has 3 N–H and O–H groups in total. The van der Waals surface area contributed by atoms with Crippen molar-refractivity contribution in [1.29, 1.82) is 0 Å². The van der Waals surface area contributed by atoms with Gasteiger partial charge < -0.3 is 10.00 Å². The van der Waals surface area contributed by atoms with Crippen molar-refractivity contribution in [3.63, 3.8) is 0 Å². The third kappa shape index (κ3) is 5.27. The van der Waals surface area contributed by atoms with Crippen molar-refractivity contribution in [2.75, 3.05) is 0 Å². The fourth-order valence-corrected chi connectivity index (χ4v) is 4.36. The number of carboxylic acid groups (broad SMARTS) is 1. The van der Waals surface area contributed by atoms with E-state index in [0.29, 0.717) is 5.56 Å². The van der Waals surface area contributed by atoms with Crippen LogP contribution in [0, 0.1) is 0 Å². The standard InChI is InChI=1S/C17H21N2O4P/c1-17(10-9-16(20)21,15-8-5-11-18-12-15)19-24(22,23)13-14-6-3-2-4-7-14/h2-8,11-12H,9-10,13H2,1H3,(H,20,21)(H2,19,22,23). The molecule has 0 spiro atoms. The van der Waals surface area contributed by atoms with E-state index in [1.807, 2.05) is 6.07 Å². The Bertz CT molecular complexity index is 724. The highest BCUT2D eigenvalue weighted by Crippen LogP contribution is 2.45. The summed E-state index contributed by atoms with van der Waals surface area (Å²) in [6, 6.07) is 12.5. The number of rotatable bonds is 8. The highest BCUT2D eigenvalue weighted by molar-refractivity contribution is 7.55. The van der Waals surface area contributed by atoms with Crippen LogP contribution in [0.5, 0.6) is 0 Å².